The third-order valence-electron chi connectivity index (χ3n) is 1.97. The highest BCUT2D eigenvalue weighted by Gasteiger charge is 2.22. The summed E-state index contributed by atoms with van der Waals surface area (Å²) in [6.07, 6.45) is 2.83. The van der Waals surface area contributed by atoms with Crippen molar-refractivity contribution in [3.8, 4) is 0 Å². The fraction of sp³-hybridized carbons (Fsp3) is 1.00. The summed E-state index contributed by atoms with van der Waals surface area (Å²) in [6.45, 7) is 9.83. The molecule has 0 aromatic carbocycles. The summed E-state index contributed by atoms with van der Waals surface area (Å²) < 4.78 is 11.0. The van der Waals surface area contributed by atoms with Crippen LogP contribution < -0.4 is 0 Å². The lowest BCUT2D eigenvalue weighted by molar-refractivity contribution is -0.141. The second-order valence-corrected chi connectivity index (χ2v) is 2.63. The molecule has 1 fully saturated rings. The number of hydrogen-bond donors (Lipinski definition) is 0. The van der Waals surface area contributed by atoms with Crippen LogP contribution in [0.1, 0.15) is 40.5 Å². The summed E-state index contributed by atoms with van der Waals surface area (Å²) in [5, 5.41) is 0. The summed E-state index contributed by atoms with van der Waals surface area (Å²) in [7, 11) is 0. The topological polar surface area (TPSA) is 18.5 Å². The summed E-state index contributed by atoms with van der Waals surface area (Å²) in [5.74, 6) is 0. The van der Waals surface area contributed by atoms with Crippen molar-refractivity contribution in [1.82, 2.24) is 0 Å². The Kier molecular flexibility index (Phi) is 7.51. The highest BCUT2D eigenvalue weighted by Crippen LogP contribution is 2.15. The number of hydrogen-bond acceptors (Lipinski definition) is 2. The van der Waals surface area contributed by atoms with E-state index in [1.165, 1.54) is 0 Å². The van der Waals surface area contributed by atoms with Gasteiger partial charge in [-0.1, -0.05) is 27.7 Å². The molecule has 12 heavy (non-hydrogen) atoms. The van der Waals surface area contributed by atoms with E-state index in [9.17, 15) is 0 Å². The molecule has 1 rings (SSSR count). The average molecular weight is 174 g/mol. The van der Waals surface area contributed by atoms with Gasteiger partial charge in [0.15, 0.2) is 0 Å². The van der Waals surface area contributed by atoms with Crippen LogP contribution >= 0.6 is 0 Å². The first kappa shape index (κ1) is 11.9. The van der Waals surface area contributed by atoms with E-state index in [2.05, 4.69) is 13.8 Å². The molecule has 0 aromatic rings. The molecular formula is C10H22O2. The van der Waals surface area contributed by atoms with E-state index in [4.69, 9.17) is 9.47 Å². The summed E-state index contributed by atoms with van der Waals surface area (Å²) in [5.41, 5.74) is 0. The Balaban J connectivity index is 0.000000561. The van der Waals surface area contributed by atoms with Gasteiger partial charge in [-0.25, -0.2) is 0 Å². The van der Waals surface area contributed by atoms with Gasteiger partial charge in [0.25, 0.3) is 0 Å². The van der Waals surface area contributed by atoms with Crippen molar-refractivity contribution in [2.75, 3.05) is 13.2 Å². The standard InChI is InChI=1S/C8H16O2.C2H6/c1-3-7-8(4-2)10-6-5-9-7;1-2/h7-8H,3-6H2,1-2H3;1-2H3/t7-,8?;/m1./s1. The molecule has 1 aliphatic rings. The summed E-state index contributed by atoms with van der Waals surface area (Å²) in [6, 6.07) is 0. The van der Waals surface area contributed by atoms with Gasteiger partial charge in [-0.15, -0.1) is 0 Å². The third kappa shape index (κ3) is 3.55. The maximum absolute atomic E-state index is 5.51. The number of rotatable bonds is 2. The third-order valence-corrected chi connectivity index (χ3v) is 1.97. The van der Waals surface area contributed by atoms with Gasteiger partial charge in [-0.3, -0.25) is 0 Å². The lowest BCUT2D eigenvalue weighted by Crippen LogP contribution is -2.37. The minimum atomic E-state index is 0.346. The van der Waals surface area contributed by atoms with Crippen LogP contribution in [0.15, 0.2) is 0 Å². The quantitative estimate of drug-likeness (QED) is 0.640. The molecular weight excluding hydrogens is 152 g/mol. The Bertz CT molecular complexity index is 81.8. The van der Waals surface area contributed by atoms with E-state index in [0.717, 1.165) is 26.1 Å². The molecule has 0 radical (unpaired) electrons. The molecule has 0 aliphatic carbocycles. The van der Waals surface area contributed by atoms with Crippen LogP contribution in [0.3, 0.4) is 0 Å². The molecule has 2 nitrogen and oxygen atoms in total. The van der Waals surface area contributed by atoms with Crippen LogP contribution in [0.25, 0.3) is 0 Å². The highest BCUT2D eigenvalue weighted by molar-refractivity contribution is 4.70. The maximum Gasteiger partial charge on any atom is 0.0835 e. The Morgan fingerprint density at radius 3 is 1.50 bits per heavy atom. The first-order valence-corrected chi connectivity index (χ1v) is 5.11. The van der Waals surface area contributed by atoms with Crippen LogP contribution in [0.4, 0.5) is 0 Å². The minimum Gasteiger partial charge on any atom is -0.373 e. The van der Waals surface area contributed by atoms with Gasteiger partial charge in [-0.2, -0.15) is 0 Å². The van der Waals surface area contributed by atoms with E-state index >= 15 is 0 Å². The zero-order valence-electron chi connectivity index (χ0n) is 8.80. The average Bonchev–Trinajstić information content (AvgIpc) is 2.20. The monoisotopic (exact) mass is 174 g/mol. The van der Waals surface area contributed by atoms with Crippen LogP contribution in [0.5, 0.6) is 0 Å². The van der Waals surface area contributed by atoms with Gasteiger partial charge >= 0.3 is 0 Å². The molecule has 1 unspecified atom stereocenters. The zero-order valence-corrected chi connectivity index (χ0v) is 8.80. The molecule has 2 heteroatoms. The lowest BCUT2D eigenvalue weighted by atomic mass is 10.1. The predicted octanol–water partition coefficient (Wildman–Crippen LogP) is 2.62. The van der Waals surface area contributed by atoms with Gasteiger partial charge in [0.05, 0.1) is 25.4 Å². The smallest absolute Gasteiger partial charge is 0.0835 e. The molecule has 1 heterocycles. The second kappa shape index (κ2) is 7.56. The largest absolute Gasteiger partial charge is 0.373 e. The van der Waals surface area contributed by atoms with Gasteiger partial charge < -0.3 is 9.47 Å². The molecule has 0 bridgehead atoms. The summed E-state index contributed by atoms with van der Waals surface area (Å²) in [4.78, 5) is 0. The normalized spacial score (nSPS) is 29.0. The van der Waals surface area contributed by atoms with Gasteiger partial charge in [0.1, 0.15) is 0 Å². The second-order valence-electron chi connectivity index (χ2n) is 2.63. The molecule has 0 saturated carbocycles. The van der Waals surface area contributed by atoms with Crippen LogP contribution in [-0.2, 0) is 9.47 Å². The van der Waals surface area contributed by atoms with Gasteiger partial charge in [0.2, 0.25) is 0 Å². The van der Waals surface area contributed by atoms with Crippen molar-refractivity contribution in [3.05, 3.63) is 0 Å². The molecule has 0 N–H and O–H groups in total. The SMILES string of the molecule is CC.CCC1OCCO[C@@H]1CC. The Morgan fingerprint density at radius 1 is 0.917 bits per heavy atom. The first-order valence-electron chi connectivity index (χ1n) is 5.11. The molecule has 0 spiro atoms. The Hall–Kier alpha value is -0.0800. The van der Waals surface area contributed by atoms with Crippen molar-refractivity contribution in [1.29, 1.82) is 0 Å². The fourth-order valence-corrected chi connectivity index (χ4v) is 1.38. The van der Waals surface area contributed by atoms with Crippen molar-refractivity contribution in [3.63, 3.8) is 0 Å². The summed E-state index contributed by atoms with van der Waals surface area (Å²) >= 11 is 0. The van der Waals surface area contributed by atoms with Crippen LogP contribution in [0.2, 0.25) is 0 Å². The van der Waals surface area contributed by atoms with Crippen LogP contribution in [-0.4, -0.2) is 25.4 Å². The molecule has 1 aliphatic heterocycles. The minimum absolute atomic E-state index is 0.346. The van der Waals surface area contributed by atoms with Crippen molar-refractivity contribution < 1.29 is 9.47 Å². The van der Waals surface area contributed by atoms with Gasteiger partial charge in [0, 0.05) is 0 Å². The zero-order chi connectivity index (χ0) is 9.40. The highest BCUT2D eigenvalue weighted by atomic mass is 16.6. The molecule has 0 amide bonds. The van der Waals surface area contributed by atoms with E-state index in [-0.39, 0.29) is 0 Å². The molecule has 2 atom stereocenters. The predicted molar refractivity (Wildman–Crippen MR) is 51.4 cm³/mol. The Labute approximate surface area is 76.3 Å². The van der Waals surface area contributed by atoms with E-state index in [1.807, 2.05) is 13.8 Å². The van der Waals surface area contributed by atoms with E-state index < -0.39 is 0 Å². The Morgan fingerprint density at radius 2 is 1.25 bits per heavy atom. The molecule has 74 valence electrons. The van der Waals surface area contributed by atoms with Gasteiger partial charge in [-0.05, 0) is 12.8 Å². The van der Waals surface area contributed by atoms with E-state index in [0.29, 0.717) is 12.2 Å². The maximum atomic E-state index is 5.51. The van der Waals surface area contributed by atoms with Crippen molar-refractivity contribution in [2.45, 2.75) is 52.7 Å². The van der Waals surface area contributed by atoms with Crippen molar-refractivity contribution in [2.24, 2.45) is 0 Å². The fourth-order valence-electron chi connectivity index (χ4n) is 1.38. The first-order chi connectivity index (χ1) is 5.88. The molecule has 0 aromatic heterocycles. The number of ether oxygens (including phenoxy) is 2. The molecule has 1 saturated heterocycles. The van der Waals surface area contributed by atoms with Crippen molar-refractivity contribution >= 4 is 0 Å². The lowest BCUT2D eigenvalue weighted by Gasteiger charge is -2.30. The van der Waals surface area contributed by atoms with Crippen LogP contribution in [0, 0.1) is 0 Å². The van der Waals surface area contributed by atoms with E-state index in [1.54, 1.807) is 0 Å².